The van der Waals surface area contributed by atoms with Crippen molar-refractivity contribution in [2.45, 2.75) is 63.7 Å². The summed E-state index contributed by atoms with van der Waals surface area (Å²) < 4.78 is 0. The second-order valence-corrected chi connectivity index (χ2v) is 9.65. The summed E-state index contributed by atoms with van der Waals surface area (Å²) in [5.74, 6) is 0.660. The van der Waals surface area contributed by atoms with Gasteiger partial charge in [-0.2, -0.15) is 0 Å². The summed E-state index contributed by atoms with van der Waals surface area (Å²) >= 11 is 1.66. The summed E-state index contributed by atoms with van der Waals surface area (Å²) in [7, 11) is 0. The van der Waals surface area contributed by atoms with Gasteiger partial charge in [0.25, 0.3) is 0 Å². The molecule has 3 aliphatic rings. The minimum absolute atomic E-state index is 0. The van der Waals surface area contributed by atoms with Gasteiger partial charge < -0.3 is 10.6 Å². The predicted octanol–water partition coefficient (Wildman–Crippen LogP) is 4.40. The summed E-state index contributed by atoms with van der Waals surface area (Å²) in [5.41, 5.74) is 2.52. The number of anilines is 1. The minimum atomic E-state index is 0. The SMILES string of the molecule is Cl.Cl.O=C(CC1CC2CCC(C1)N2)Nc1nc2c(s1)CN(Cc1ccccc1)CC2. The lowest BCUT2D eigenvalue weighted by molar-refractivity contribution is -0.117. The van der Waals surface area contributed by atoms with Crippen molar-refractivity contribution in [1.82, 2.24) is 15.2 Å². The maximum Gasteiger partial charge on any atom is 0.226 e. The Hall–Kier alpha value is -1.18. The zero-order valence-electron chi connectivity index (χ0n) is 17.0. The first kappa shape index (κ1) is 23.5. The lowest BCUT2D eigenvalue weighted by atomic mass is 9.89. The third-order valence-corrected chi connectivity index (χ3v) is 7.35. The van der Waals surface area contributed by atoms with Gasteiger partial charge in [-0.25, -0.2) is 4.98 Å². The molecule has 2 fully saturated rings. The minimum Gasteiger partial charge on any atom is -0.311 e. The lowest BCUT2D eigenvalue weighted by Crippen LogP contribution is -2.39. The Labute approximate surface area is 194 Å². The standard InChI is InChI=1S/C22H28N4OS.2ClH/c27-21(12-16-10-17-6-7-18(11-16)23-17)25-22-24-19-8-9-26(14-20(19)28-22)13-15-4-2-1-3-5-15;;/h1-5,16-18,23H,6-14H2,(H,24,25,27);2*1H. The Kier molecular flexibility index (Phi) is 8.16. The highest BCUT2D eigenvalue weighted by Gasteiger charge is 2.34. The van der Waals surface area contributed by atoms with E-state index in [4.69, 9.17) is 4.98 Å². The second-order valence-electron chi connectivity index (χ2n) is 8.56. The average Bonchev–Trinajstić information content (AvgIpc) is 3.24. The zero-order chi connectivity index (χ0) is 18.9. The first-order valence-electron chi connectivity index (χ1n) is 10.5. The molecule has 2 aromatic rings. The lowest BCUT2D eigenvalue weighted by Gasteiger charge is -2.28. The molecule has 1 aromatic heterocycles. The van der Waals surface area contributed by atoms with Gasteiger partial charge in [0, 0.05) is 49.4 Å². The van der Waals surface area contributed by atoms with E-state index in [1.165, 1.54) is 29.0 Å². The van der Waals surface area contributed by atoms with Crippen molar-refractivity contribution in [2.75, 3.05) is 11.9 Å². The van der Waals surface area contributed by atoms with Gasteiger partial charge in [0.2, 0.25) is 5.91 Å². The Balaban J connectivity index is 0.00000128. The molecule has 1 amide bonds. The van der Waals surface area contributed by atoms with Crippen LogP contribution in [0.1, 0.15) is 48.2 Å². The molecule has 5 nitrogen and oxygen atoms in total. The molecular weight excluding hydrogens is 439 g/mol. The highest BCUT2D eigenvalue weighted by molar-refractivity contribution is 7.15. The van der Waals surface area contributed by atoms with Gasteiger partial charge in [-0.3, -0.25) is 9.69 Å². The maximum atomic E-state index is 12.6. The summed E-state index contributed by atoms with van der Waals surface area (Å²) in [4.78, 5) is 21.0. The Morgan fingerprint density at radius 1 is 1.17 bits per heavy atom. The second kappa shape index (κ2) is 10.4. The van der Waals surface area contributed by atoms with E-state index in [2.05, 4.69) is 45.9 Å². The van der Waals surface area contributed by atoms with E-state index in [-0.39, 0.29) is 30.7 Å². The number of benzene rings is 1. The number of aromatic nitrogens is 1. The van der Waals surface area contributed by atoms with Crippen LogP contribution in [0.15, 0.2) is 30.3 Å². The molecule has 4 heterocycles. The van der Waals surface area contributed by atoms with E-state index in [9.17, 15) is 4.79 Å². The number of piperidine rings is 1. The molecule has 5 rings (SSSR count). The summed E-state index contributed by atoms with van der Waals surface area (Å²) in [6.45, 7) is 2.92. The number of hydrogen-bond acceptors (Lipinski definition) is 5. The van der Waals surface area contributed by atoms with Crippen LogP contribution in [0.5, 0.6) is 0 Å². The number of fused-ring (bicyclic) bond motifs is 3. The molecule has 2 N–H and O–H groups in total. The molecule has 3 aliphatic heterocycles. The largest absolute Gasteiger partial charge is 0.311 e. The van der Waals surface area contributed by atoms with Crippen LogP contribution in [-0.2, 0) is 24.3 Å². The van der Waals surface area contributed by atoms with Crippen molar-refractivity contribution in [1.29, 1.82) is 0 Å². The molecule has 2 atom stereocenters. The van der Waals surface area contributed by atoms with Gasteiger partial charge in [0.1, 0.15) is 0 Å². The van der Waals surface area contributed by atoms with E-state index < -0.39 is 0 Å². The van der Waals surface area contributed by atoms with Crippen LogP contribution < -0.4 is 10.6 Å². The third-order valence-electron chi connectivity index (χ3n) is 6.35. The quantitative estimate of drug-likeness (QED) is 0.682. The van der Waals surface area contributed by atoms with Crippen LogP contribution in [0.3, 0.4) is 0 Å². The highest BCUT2D eigenvalue weighted by atomic mass is 35.5. The molecule has 0 saturated carbocycles. The van der Waals surface area contributed by atoms with Crippen LogP contribution in [0.2, 0.25) is 0 Å². The average molecular weight is 469 g/mol. The van der Waals surface area contributed by atoms with Gasteiger partial charge in [-0.1, -0.05) is 30.3 Å². The molecule has 2 unspecified atom stereocenters. The first-order valence-corrected chi connectivity index (χ1v) is 11.3. The molecule has 0 radical (unpaired) electrons. The van der Waals surface area contributed by atoms with Gasteiger partial charge in [0.05, 0.1) is 5.69 Å². The molecule has 0 spiro atoms. The van der Waals surface area contributed by atoms with Gasteiger partial charge in [-0.15, -0.1) is 36.2 Å². The Morgan fingerprint density at radius 3 is 2.63 bits per heavy atom. The number of thiazole rings is 1. The normalized spacial score (nSPS) is 25.0. The molecule has 2 saturated heterocycles. The summed E-state index contributed by atoms with van der Waals surface area (Å²) in [6, 6.07) is 11.9. The number of nitrogens with zero attached hydrogens (tertiary/aromatic N) is 2. The number of amides is 1. The van der Waals surface area contributed by atoms with Crippen molar-refractivity contribution in [3.8, 4) is 0 Å². The third kappa shape index (κ3) is 5.54. The van der Waals surface area contributed by atoms with Gasteiger partial charge >= 0.3 is 0 Å². The van der Waals surface area contributed by atoms with E-state index in [0.29, 0.717) is 24.4 Å². The first-order chi connectivity index (χ1) is 13.7. The molecule has 30 heavy (non-hydrogen) atoms. The monoisotopic (exact) mass is 468 g/mol. The van der Waals surface area contributed by atoms with E-state index >= 15 is 0 Å². The fourth-order valence-corrected chi connectivity index (χ4v) is 6.12. The number of carbonyl (C=O) groups excluding carboxylic acids is 1. The topological polar surface area (TPSA) is 57.3 Å². The van der Waals surface area contributed by atoms with Crippen molar-refractivity contribution in [2.24, 2.45) is 5.92 Å². The number of nitrogens with one attached hydrogen (secondary N) is 2. The molecule has 8 heteroatoms. The predicted molar refractivity (Wildman–Crippen MR) is 127 cm³/mol. The fourth-order valence-electron chi connectivity index (χ4n) is 5.05. The molecular formula is C22H30Cl2N4OS. The zero-order valence-corrected chi connectivity index (χ0v) is 19.5. The van der Waals surface area contributed by atoms with Crippen molar-refractivity contribution >= 4 is 47.2 Å². The van der Waals surface area contributed by atoms with E-state index in [1.54, 1.807) is 11.3 Å². The summed E-state index contributed by atoms with van der Waals surface area (Å²) in [5, 5.41) is 7.53. The van der Waals surface area contributed by atoms with Gasteiger partial charge in [-0.05, 0) is 37.2 Å². The van der Waals surface area contributed by atoms with Crippen molar-refractivity contribution in [3.63, 3.8) is 0 Å². The smallest absolute Gasteiger partial charge is 0.226 e. The summed E-state index contributed by atoms with van der Waals surface area (Å²) in [6.07, 6.45) is 6.45. The van der Waals surface area contributed by atoms with Crippen LogP contribution in [0, 0.1) is 5.92 Å². The Morgan fingerprint density at radius 2 is 1.90 bits per heavy atom. The van der Waals surface area contributed by atoms with Crippen molar-refractivity contribution in [3.05, 3.63) is 46.5 Å². The number of rotatable bonds is 5. The highest BCUT2D eigenvalue weighted by Crippen LogP contribution is 2.33. The number of carbonyl (C=O) groups is 1. The van der Waals surface area contributed by atoms with E-state index in [1.807, 2.05) is 0 Å². The van der Waals surface area contributed by atoms with Crippen LogP contribution in [0.25, 0.3) is 0 Å². The Bertz CT molecular complexity index is 835. The van der Waals surface area contributed by atoms with Crippen LogP contribution in [-0.4, -0.2) is 34.4 Å². The number of halogens is 2. The van der Waals surface area contributed by atoms with Crippen molar-refractivity contribution < 1.29 is 4.79 Å². The maximum absolute atomic E-state index is 12.6. The van der Waals surface area contributed by atoms with Gasteiger partial charge in [0.15, 0.2) is 5.13 Å². The fraction of sp³-hybridized carbons (Fsp3) is 0.545. The number of hydrogen-bond donors (Lipinski definition) is 2. The molecule has 1 aromatic carbocycles. The molecule has 164 valence electrons. The van der Waals surface area contributed by atoms with Crippen LogP contribution >= 0.6 is 36.2 Å². The molecule has 2 bridgehead atoms. The van der Waals surface area contributed by atoms with Crippen LogP contribution in [0.4, 0.5) is 5.13 Å². The molecule has 0 aliphatic carbocycles. The van der Waals surface area contributed by atoms with E-state index in [0.717, 1.165) is 44.0 Å².